The summed E-state index contributed by atoms with van der Waals surface area (Å²) in [6, 6.07) is 28.9. The molecule has 0 heterocycles. The van der Waals surface area contributed by atoms with Crippen LogP contribution in [0.4, 0.5) is 0 Å². The second-order valence-corrected chi connectivity index (χ2v) is 6.75. The van der Waals surface area contributed by atoms with E-state index in [2.05, 4.69) is 5.32 Å². The van der Waals surface area contributed by atoms with Crippen LogP contribution >= 0.6 is 0 Å². The van der Waals surface area contributed by atoms with E-state index in [9.17, 15) is 15.0 Å². The molecule has 0 amide bonds. The minimum absolute atomic E-state index is 0.0412. The van der Waals surface area contributed by atoms with Crippen molar-refractivity contribution in [3.8, 4) is 0 Å². The number of carbonyl (C=O) groups is 1. The van der Waals surface area contributed by atoms with E-state index < -0.39 is 17.6 Å². The minimum atomic E-state index is -0.930. The molecule has 0 fully saturated rings. The van der Waals surface area contributed by atoms with Crippen LogP contribution in [0.15, 0.2) is 91.0 Å². The van der Waals surface area contributed by atoms with Gasteiger partial charge in [-0.3, -0.25) is 10.1 Å². The average molecular weight is 375 g/mol. The van der Waals surface area contributed by atoms with E-state index >= 15 is 0 Å². The molecule has 4 heteroatoms. The van der Waals surface area contributed by atoms with Crippen molar-refractivity contribution < 1.29 is 15.0 Å². The van der Waals surface area contributed by atoms with Crippen molar-refractivity contribution >= 4 is 5.97 Å². The lowest BCUT2D eigenvalue weighted by atomic mass is 9.76. The first kappa shape index (κ1) is 19.8. The third-order valence-corrected chi connectivity index (χ3v) is 4.96. The van der Waals surface area contributed by atoms with Gasteiger partial charge in [-0.1, -0.05) is 91.0 Å². The number of hydrogen-bond acceptors (Lipinski definition) is 3. The third-order valence-electron chi connectivity index (χ3n) is 4.96. The molecule has 3 aromatic carbocycles. The normalized spacial score (nSPS) is 12.5. The number of aliphatic hydroxyl groups is 1. The third kappa shape index (κ3) is 4.14. The van der Waals surface area contributed by atoms with Crippen molar-refractivity contribution in [1.29, 1.82) is 0 Å². The molecule has 0 spiro atoms. The molecule has 3 rings (SSSR count). The van der Waals surface area contributed by atoms with Crippen LogP contribution in [0.1, 0.15) is 29.5 Å². The van der Waals surface area contributed by atoms with E-state index in [4.69, 9.17) is 0 Å². The van der Waals surface area contributed by atoms with Gasteiger partial charge in [0.1, 0.15) is 6.04 Å². The summed E-state index contributed by atoms with van der Waals surface area (Å²) in [6.45, 7) is -0.0412. The summed E-state index contributed by atoms with van der Waals surface area (Å²) in [6.07, 6.45) is 0.749. The van der Waals surface area contributed by atoms with E-state index in [-0.39, 0.29) is 6.61 Å². The van der Waals surface area contributed by atoms with Crippen LogP contribution in [0, 0.1) is 0 Å². The molecule has 4 nitrogen and oxygen atoms in total. The highest BCUT2D eigenvalue weighted by Crippen LogP contribution is 2.37. The molecule has 0 saturated heterocycles. The Bertz CT molecular complexity index is 769. The van der Waals surface area contributed by atoms with Crippen LogP contribution < -0.4 is 5.32 Å². The molecule has 28 heavy (non-hydrogen) atoms. The quantitative estimate of drug-likeness (QED) is 0.498. The van der Waals surface area contributed by atoms with Gasteiger partial charge in [-0.25, -0.2) is 0 Å². The molecule has 0 unspecified atom stereocenters. The summed E-state index contributed by atoms with van der Waals surface area (Å²) < 4.78 is 0. The lowest BCUT2D eigenvalue weighted by molar-refractivity contribution is -0.140. The predicted molar refractivity (Wildman–Crippen MR) is 110 cm³/mol. The summed E-state index contributed by atoms with van der Waals surface area (Å²) in [7, 11) is 0. The van der Waals surface area contributed by atoms with Gasteiger partial charge in [0, 0.05) is 6.61 Å². The van der Waals surface area contributed by atoms with E-state index in [0.29, 0.717) is 12.8 Å². The first-order valence-electron chi connectivity index (χ1n) is 9.46. The minimum Gasteiger partial charge on any atom is -0.480 e. The van der Waals surface area contributed by atoms with Gasteiger partial charge in [0.2, 0.25) is 0 Å². The Morgan fingerprint density at radius 3 is 1.50 bits per heavy atom. The maximum absolute atomic E-state index is 12.0. The summed E-state index contributed by atoms with van der Waals surface area (Å²) in [5.41, 5.74) is 2.05. The van der Waals surface area contributed by atoms with Gasteiger partial charge in [-0.05, 0) is 29.5 Å². The number of hydrogen-bond donors (Lipinski definition) is 3. The zero-order valence-electron chi connectivity index (χ0n) is 15.7. The highest BCUT2D eigenvalue weighted by molar-refractivity contribution is 5.74. The van der Waals surface area contributed by atoms with Crippen molar-refractivity contribution in [2.75, 3.05) is 6.61 Å². The Labute approximate surface area is 165 Å². The summed E-state index contributed by atoms with van der Waals surface area (Å²) >= 11 is 0. The number of benzene rings is 3. The molecule has 0 aliphatic heterocycles. The van der Waals surface area contributed by atoms with Crippen molar-refractivity contribution in [2.45, 2.75) is 24.4 Å². The topological polar surface area (TPSA) is 69.6 Å². The molecule has 0 radical (unpaired) electrons. The molecule has 144 valence electrons. The fourth-order valence-electron chi connectivity index (χ4n) is 3.63. The lowest BCUT2D eigenvalue weighted by Gasteiger charge is -2.39. The zero-order chi connectivity index (χ0) is 19.8. The molecule has 1 atom stereocenters. The van der Waals surface area contributed by atoms with Crippen LogP contribution in [0.25, 0.3) is 0 Å². The number of carboxylic acid groups (broad SMARTS) is 1. The van der Waals surface area contributed by atoms with Crippen molar-refractivity contribution in [3.63, 3.8) is 0 Å². The fourth-order valence-corrected chi connectivity index (χ4v) is 3.63. The highest BCUT2D eigenvalue weighted by atomic mass is 16.4. The molecule has 3 aromatic rings. The van der Waals surface area contributed by atoms with Gasteiger partial charge in [-0.2, -0.15) is 0 Å². The van der Waals surface area contributed by atoms with Crippen LogP contribution in [-0.2, 0) is 10.3 Å². The van der Waals surface area contributed by atoms with Gasteiger partial charge in [0.25, 0.3) is 0 Å². The van der Waals surface area contributed by atoms with Gasteiger partial charge < -0.3 is 10.2 Å². The molecule has 0 bridgehead atoms. The summed E-state index contributed by atoms with van der Waals surface area (Å²) in [5, 5.41) is 22.5. The van der Waals surface area contributed by atoms with E-state index in [1.807, 2.05) is 91.0 Å². The number of aliphatic carboxylic acids is 1. The highest BCUT2D eigenvalue weighted by Gasteiger charge is 2.39. The van der Waals surface area contributed by atoms with Crippen molar-refractivity contribution in [1.82, 2.24) is 5.32 Å². The van der Waals surface area contributed by atoms with Crippen molar-refractivity contribution in [3.05, 3.63) is 108 Å². The summed E-state index contributed by atoms with van der Waals surface area (Å²) in [4.78, 5) is 12.0. The van der Waals surface area contributed by atoms with Crippen LogP contribution in [0.2, 0.25) is 0 Å². The molecule has 0 aliphatic rings. The van der Waals surface area contributed by atoms with Crippen LogP contribution in [0.5, 0.6) is 0 Å². The van der Waals surface area contributed by atoms with E-state index in [0.717, 1.165) is 16.7 Å². The molecule has 0 aromatic heterocycles. The molecule has 0 aliphatic carbocycles. The van der Waals surface area contributed by atoms with Crippen LogP contribution in [-0.4, -0.2) is 28.8 Å². The van der Waals surface area contributed by atoms with Crippen LogP contribution in [0.3, 0.4) is 0 Å². The van der Waals surface area contributed by atoms with Crippen molar-refractivity contribution in [2.24, 2.45) is 0 Å². The van der Waals surface area contributed by atoms with Gasteiger partial charge >= 0.3 is 5.97 Å². The molecule has 3 N–H and O–H groups in total. The molecular formula is C24H25NO3. The number of rotatable bonds is 9. The molecule has 0 saturated carbocycles. The Morgan fingerprint density at radius 2 is 1.18 bits per heavy atom. The summed E-state index contributed by atoms with van der Waals surface area (Å²) in [5.74, 6) is -0.930. The van der Waals surface area contributed by atoms with Gasteiger partial charge in [0.15, 0.2) is 0 Å². The average Bonchev–Trinajstić information content (AvgIpc) is 2.76. The number of carboxylic acids is 1. The van der Waals surface area contributed by atoms with Gasteiger partial charge in [-0.15, -0.1) is 0 Å². The Hall–Kier alpha value is -2.95. The second-order valence-electron chi connectivity index (χ2n) is 6.75. The Kier molecular flexibility index (Phi) is 6.58. The SMILES string of the molecule is O=C(O)[C@H](CCCO)NC(c1ccccc1)(c1ccccc1)c1ccccc1. The number of nitrogens with one attached hydrogen (secondary N) is 1. The van der Waals surface area contributed by atoms with Gasteiger partial charge in [0.05, 0.1) is 5.54 Å². The Morgan fingerprint density at radius 1 is 0.786 bits per heavy atom. The monoisotopic (exact) mass is 375 g/mol. The van der Waals surface area contributed by atoms with E-state index in [1.165, 1.54) is 0 Å². The Balaban J connectivity index is 2.23. The maximum atomic E-state index is 12.0. The number of aliphatic hydroxyl groups excluding tert-OH is 1. The lowest BCUT2D eigenvalue weighted by Crippen LogP contribution is -2.52. The first-order valence-corrected chi connectivity index (χ1v) is 9.46. The largest absolute Gasteiger partial charge is 0.480 e. The smallest absolute Gasteiger partial charge is 0.320 e. The maximum Gasteiger partial charge on any atom is 0.320 e. The van der Waals surface area contributed by atoms with E-state index in [1.54, 1.807) is 0 Å². The first-order chi connectivity index (χ1) is 13.7. The fraction of sp³-hybridized carbons (Fsp3) is 0.208. The predicted octanol–water partition coefficient (Wildman–Crippen LogP) is 3.79. The molecular weight excluding hydrogens is 350 g/mol. The second kappa shape index (κ2) is 9.31. The standard InChI is InChI=1S/C24H25NO3/c26-18-10-17-22(23(27)28)25-24(19-11-4-1-5-12-19,20-13-6-2-7-14-20)21-15-8-3-9-16-21/h1-9,11-16,22,25-26H,10,17-18H2,(H,27,28)/t22-/m0/s1. The zero-order valence-corrected chi connectivity index (χ0v) is 15.7.